The molecule has 0 aromatic rings. The zero-order valence-corrected chi connectivity index (χ0v) is 28.1. The standard InChI is InChI=1S/C38H52O10/c39-29(40)33-5-22-3-27(14-33)38(28(4-22)15-33)47-20-32(21-48-38,18-45-30(41)34-6-23-1-24(7-34)11-36(43,10-23)16-34)19-46-31(42)35-8-25-2-26(9-35)13-37(44,12-25)17-35/h22-28,43-44H,1-21H2,(H,39,40). The van der Waals surface area contributed by atoms with E-state index in [0.717, 1.165) is 83.5 Å². The van der Waals surface area contributed by atoms with Crippen LogP contribution in [-0.4, -0.2) is 76.6 Å². The first-order chi connectivity index (χ1) is 22.8. The van der Waals surface area contributed by atoms with Crippen LogP contribution >= 0.6 is 0 Å². The van der Waals surface area contributed by atoms with Gasteiger partial charge in [0.2, 0.25) is 0 Å². The summed E-state index contributed by atoms with van der Waals surface area (Å²) in [5.74, 6) is -0.347. The number of hydrogen-bond donors (Lipinski definition) is 3. The Morgan fingerprint density at radius 3 is 1.38 bits per heavy atom. The van der Waals surface area contributed by atoms with Crippen molar-refractivity contribution >= 4 is 17.9 Å². The van der Waals surface area contributed by atoms with Gasteiger partial charge < -0.3 is 34.3 Å². The summed E-state index contributed by atoms with van der Waals surface area (Å²) in [6, 6.07) is 0. The molecule has 48 heavy (non-hydrogen) atoms. The van der Waals surface area contributed by atoms with Crippen LogP contribution in [0.3, 0.4) is 0 Å². The van der Waals surface area contributed by atoms with Gasteiger partial charge >= 0.3 is 17.9 Å². The number of hydrogen-bond acceptors (Lipinski definition) is 9. The molecule has 10 nitrogen and oxygen atoms in total. The second-order valence-corrected chi connectivity index (χ2v) is 19.8. The van der Waals surface area contributed by atoms with Crippen molar-refractivity contribution in [1.82, 2.24) is 0 Å². The summed E-state index contributed by atoms with van der Waals surface area (Å²) in [5.41, 5.74) is -4.51. The SMILES string of the molecule is O=C(O)C12CC3CC(C1)C1(OCC(COC(=O)C45CC6CC(CC(O)(C6)C4)C5)(COC(=O)C45CC6CC(CC(O)(C6)C4)C5)CO1)C(C3)C2. The van der Waals surface area contributed by atoms with Crippen LogP contribution in [0.15, 0.2) is 0 Å². The Labute approximate surface area is 282 Å². The third-order valence-corrected chi connectivity index (χ3v) is 15.9. The van der Waals surface area contributed by atoms with E-state index in [0.29, 0.717) is 55.3 Å². The largest absolute Gasteiger partial charge is 0.481 e. The maximum Gasteiger partial charge on any atom is 0.312 e. The van der Waals surface area contributed by atoms with Gasteiger partial charge in [0, 0.05) is 11.8 Å². The molecular formula is C38H52O10. The third kappa shape index (κ3) is 4.39. The van der Waals surface area contributed by atoms with Crippen molar-refractivity contribution in [3.63, 3.8) is 0 Å². The smallest absolute Gasteiger partial charge is 0.312 e. The van der Waals surface area contributed by atoms with Crippen LogP contribution in [0.1, 0.15) is 109 Å². The monoisotopic (exact) mass is 668 g/mol. The van der Waals surface area contributed by atoms with Crippen molar-refractivity contribution in [2.24, 2.45) is 63.1 Å². The van der Waals surface area contributed by atoms with E-state index < -0.39 is 44.6 Å². The van der Waals surface area contributed by atoms with Gasteiger partial charge in [-0.25, -0.2) is 0 Å². The van der Waals surface area contributed by atoms with Gasteiger partial charge in [-0.1, -0.05) is 0 Å². The van der Waals surface area contributed by atoms with Gasteiger partial charge in [0.15, 0.2) is 5.79 Å². The van der Waals surface area contributed by atoms with E-state index in [2.05, 4.69) is 0 Å². The molecule has 0 amide bonds. The van der Waals surface area contributed by atoms with Crippen LogP contribution in [0.4, 0.5) is 0 Å². The summed E-state index contributed by atoms with van der Waals surface area (Å²) in [5, 5.41) is 32.8. The van der Waals surface area contributed by atoms with Gasteiger partial charge in [-0.2, -0.15) is 0 Å². The topological polar surface area (TPSA) is 149 Å². The molecule has 6 atom stereocenters. The number of carboxylic acids is 1. The molecule has 13 fully saturated rings. The van der Waals surface area contributed by atoms with Crippen LogP contribution in [0.5, 0.6) is 0 Å². The summed E-state index contributed by atoms with van der Waals surface area (Å²) in [6.45, 7) is 0.360. The lowest BCUT2D eigenvalue weighted by atomic mass is 9.47. The highest BCUT2D eigenvalue weighted by atomic mass is 16.7. The Morgan fingerprint density at radius 2 is 0.979 bits per heavy atom. The van der Waals surface area contributed by atoms with Gasteiger partial charge in [0.25, 0.3) is 0 Å². The molecule has 13 aliphatic rings. The first-order valence-electron chi connectivity index (χ1n) is 19.1. The maximum atomic E-state index is 14.0. The molecule has 12 saturated carbocycles. The van der Waals surface area contributed by atoms with E-state index in [1.807, 2.05) is 0 Å². The number of esters is 2. The molecule has 0 radical (unpaired) electrons. The first-order valence-corrected chi connectivity index (χ1v) is 19.1. The Bertz CT molecular complexity index is 1310. The fraction of sp³-hybridized carbons (Fsp3) is 0.921. The van der Waals surface area contributed by atoms with Gasteiger partial charge in [-0.05, 0) is 139 Å². The molecule has 0 aromatic carbocycles. The molecule has 12 aliphatic carbocycles. The number of carbonyl (C=O) groups excluding carboxylic acids is 2. The minimum atomic E-state index is -0.909. The number of aliphatic carboxylic acids is 1. The second kappa shape index (κ2) is 9.77. The molecule has 1 saturated heterocycles. The minimum Gasteiger partial charge on any atom is -0.481 e. The van der Waals surface area contributed by atoms with E-state index in [9.17, 15) is 29.7 Å². The third-order valence-electron chi connectivity index (χ3n) is 15.9. The lowest BCUT2D eigenvalue weighted by Gasteiger charge is -2.64. The summed E-state index contributed by atoms with van der Waals surface area (Å²) in [6.07, 6.45) is 12.8. The number of aliphatic hydroxyl groups is 2. The molecule has 264 valence electrons. The van der Waals surface area contributed by atoms with Crippen molar-refractivity contribution in [3.8, 4) is 0 Å². The zero-order valence-electron chi connectivity index (χ0n) is 28.1. The second-order valence-electron chi connectivity index (χ2n) is 19.8. The Hall–Kier alpha value is -1.75. The van der Waals surface area contributed by atoms with Gasteiger partial charge in [-0.15, -0.1) is 0 Å². The number of carboxylic acid groups (broad SMARTS) is 1. The minimum absolute atomic E-state index is 0.0100. The Kier molecular flexibility index (Phi) is 6.31. The highest BCUT2D eigenvalue weighted by Gasteiger charge is 2.69. The predicted octanol–water partition coefficient (Wildman–Crippen LogP) is 4.38. The summed E-state index contributed by atoms with van der Waals surface area (Å²) in [7, 11) is 0. The van der Waals surface area contributed by atoms with Crippen LogP contribution in [0.25, 0.3) is 0 Å². The van der Waals surface area contributed by atoms with Gasteiger partial charge in [-0.3, -0.25) is 14.4 Å². The summed E-state index contributed by atoms with van der Waals surface area (Å²) in [4.78, 5) is 40.4. The highest BCUT2D eigenvalue weighted by molar-refractivity contribution is 5.79. The lowest BCUT2D eigenvalue weighted by molar-refractivity contribution is -0.391. The molecule has 3 N–H and O–H groups in total. The van der Waals surface area contributed by atoms with Crippen LogP contribution in [0.2, 0.25) is 0 Å². The average Bonchev–Trinajstić information content (AvgIpc) is 2.99. The highest BCUT2D eigenvalue weighted by Crippen LogP contribution is 2.67. The molecule has 12 bridgehead atoms. The Balaban J connectivity index is 0.888. The predicted molar refractivity (Wildman–Crippen MR) is 167 cm³/mol. The molecule has 1 aliphatic heterocycles. The maximum absolute atomic E-state index is 14.0. The van der Waals surface area contributed by atoms with Crippen LogP contribution in [0, 0.1) is 63.1 Å². The van der Waals surface area contributed by atoms with Crippen molar-refractivity contribution < 1.29 is 48.7 Å². The Morgan fingerprint density at radius 1 is 0.562 bits per heavy atom. The van der Waals surface area contributed by atoms with Crippen molar-refractivity contribution in [2.45, 2.75) is 126 Å². The van der Waals surface area contributed by atoms with E-state index in [4.69, 9.17) is 18.9 Å². The summed E-state index contributed by atoms with van der Waals surface area (Å²) >= 11 is 0. The summed E-state index contributed by atoms with van der Waals surface area (Å²) < 4.78 is 26.1. The molecular weight excluding hydrogens is 616 g/mol. The van der Waals surface area contributed by atoms with E-state index in [1.54, 1.807) is 0 Å². The fourth-order valence-electron chi connectivity index (χ4n) is 15.1. The van der Waals surface area contributed by atoms with Gasteiger partial charge in [0.05, 0.1) is 46.1 Å². The fourth-order valence-corrected chi connectivity index (χ4v) is 15.1. The van der Waals surface area contributed by atoms with Crippen LogP contribution in [-0.2, 0) is 33.3 Å². The molecule has 10 heteroatoms. The van der Waals surface area contributed by atoms with E-state index in [-0.39, 0.29) is 50.2 Å². The quantitative estimate of drug-likeness (QED) is 0.334. The van der Waals surface area contributed by atoms with Gasteiger partial charge in [0.1, 0.15) is 13.2 Å². The normalized spacial score (nSPS) is 56.5. The first kappa shape index (κ1) is 31.0. The molecule has 1 spiro atoms. The number of carbonyl (C=O) groups is 3. The van der Waals surface area contributed by atoms with Crippen molar-refractivity contribution in [3.05, 3.63) is 0 Å². The van der Waals surface area contributed by atoms with E-state index >= 15 is 0 Å². The zero-order chi connectivity index (χ0) is 33.0. The van der Waals surface area contributed by atoms with Crippen molar-refractivity contribution in [1.29, 1.82) is 0 Å². The van der Waals surface area contributed by atoms with E-state index in [1.165, 1.54) is 0 Å². The lowest BCUT2D eigenvalue weighted by Crippen LogP contribution is -2.68. The molecule has 1 heterocycles. The number of ether oxygens (including phenoxy) is 4. The van der Waals surface area contributed by atoms with Crippen LogP contribution < -0.4 is 0 Å². The average molecular weight is 669 g/mol. The number of rotatable bonds is 7. The molecule has 13 rings (SSSR count). The molecule has 0 aromatic heterocycles. The molecule has 6 unspecified atom stereocenters. The van der Waals surface area contributed by atoms with Crippen molar-refractivity contribution in [2.75, 3.05) is 26.4 Å².